The van der Waals surface area contributed by atoms with Crippen LogP contribution in [0.2, 0.25) is 0 Å². The molecular weight excluding hydrogens is 1260 g/mol. The number of nitrogens with zero attached hydrogens (tertiary/aromatic N) is 4. The predicted octanol–water partition coefficient (Wildman–Crippen LogP) is 16.0. The number of benzene rings is 4. The van der Waals surface area contributed by atoms with Crippen molar-refractivity contribution in [3.05, 3.63) is 183 Å². The summed E-state index contributed by atoms with van der Waals surface area (Å²) in [7, 11) is 0. The molecule has 0 aliphatic heterocycles. The van der Waals surface area contributed by atoms with Crippen molar-refractivity contribution in [3.8, 4) is 0 Å². The Morgan fingerprint density at radius 2 is 0.620 bits per heavy atom. The minimum absolute atomic E-state index is 0.0674. The van der Waals surface area contributed by atoms with Crippen LogP contribution >= 0.6 is 0 Å². The van der Waals surface area contributed by atoms with Crippen LogP contribution in [-0.4, -0.2) is 49.8 Å². The van der Waals surface area contributed by atoms with Crippen molar-refractivity contribution in [2.75, 3.05) is 45.8 Å². The molecule has 4 aromatic carbocycles. The SMILES string of the molecule is CCN(C(=O)C(C)C)c1ccc(F)[c]([Ti]([C]2=CC=CC2)([C]2=CC=CC2)[c]2c(F)ccc(N(CC)C(=O)C(C)C)c2F)c1F.CCN(C(=O)C1CCCCC1)c1ccc(F)[c]([Ti]([C]2=CC=CC2)([C]2=CC=CC2)[c]2c(F)ccc(N(CC)C(=O)C3CCCCC3)c2F)c1F. The zero-order chi connectivity index (χ0) is 66.3. The van der Waals surface area contributed by atoms with Gasteiger partial charge in [-0.25, -0.2) is 0 Å². The number of carbonyl (C=O) groups excluding carboxylic acids is 4. The van der Waals surface area contributed by atoms with Crippen molar-refractivity contribution < 1.29 is 87.5 Å². The Kier molecular flexibility index (Phi) is 23.0. The summed E-state index contributed by atoms with van der Waals surface area (Å²) in [6.45, 7) is 14.2. The summed E-state index contributed by atoms with van der Waals surface area (Å²) in [5, 5.41) is 0. The second kappa shape index (κ2) is 30.3. The summed E-state index contributed by atoms with van der Waals surface area (Å²) in [5.41, 5.74) is -0.398. The fourth-order valence-electron chi connectivity index (χ4n) is 14.8. The van der Waals surface area contributed by atoms with Crippen LogP contribution < -0.4 is 35.1 Å². The van der Waals surface area contributed by atoms with Gasteiger partial charge in [-0.1, -0.05) is 0 Å². The number of carbonyl (C=O) groups is 4. The fourth-order valence-corrected chi connectivity index (χ4v) is 31.3. The first kappa shape index (κ1) is 69.9. The normalized spacial score (nSPS) is 16.6. The molecule has 92 heavy (non-hydrogen) atoms. The van der Waals surface area contributed by atoms with Crippen LogP contribution in [0.5, 0.6) is 0 Å². The Morgan fingerprint density at radius 3 is 0.826 bits per heavy atom. The van der Waals surface area contributed by atoms with Gasteiger partial charge in [-0.15, -0.1) is 0 Å². The maximum absolute atomic E-state index is 17.6. The van der Waals surface area contributed by atoms with Crippen molar-refractivity contribution in [3.63, 3.8) is 0 Å². The van der Waals surface area contributed by atoms with Crippen molar-refractivity contribution in [2.24, 2.45) is 23.7 Å². The molecule has 10 rings (SSSR count). The zero-order valence-electron chi connectivity index (χ0n) is 54.0. The molecule has 0 aromatic heterocycles. The first-order valence-corrected chi connectivity index (χ1v) is 39.1. The molecule has 4 aromatic rings. The average molecular weight is 1340 g/mol. The van der Waals surface area contributed by atoms with E-state index in [1.165, 1.54) is 43.9 Å². The standard InChI is InChI=1S/2C15H18F2NO.2C12H14F2NO.4C5H5.2Ti/c2*1-2-18(14-9-8-12(16)10-13(14)17)15(19)11-6-4-3-5-7-11;2*1-4-15(12(16)8(2)3)11-6-5-9(13)7-10(11)14;4*1-2-4-5-3-1;;/h2*8-9,11H,2-7H2,1H3;2*5-6,8H,4H2,1-3H3;4*1-3H,4H2;;. The molecule has 0 N–H and O–H groups in total. The van der Waals surface area contributed by atoms with Gasteiger partial charge in [0, 0.05) is 0 Å². The first-order chi connectivity index (χ1) is 44.2. The summed E-state index contributed by atoms with van der Waals surface area (Å²) in [6.07, 6.45) is 30.9. The van der Waals surface area contributed by atoms with E-state index < -0.39 is 91.6 Å². The van der Waals surface area contributed by atoms with Gasteiger partial charge in [-0.05, 0) is 0 Å². The summed E-state index contributed by atoms with van der Waals surface area (Å²) in [4.78, 5) is 59.2. The van der Waals surface area contributed by atoms with Gasteiger partial charge in [0.1, 0.15) is 0 Å². The van der Waals surface area contributed by atoms with Crippen molar-refractivity contribution in [1.82, 2.24) is 0 Å². The number of anilines is 4. The van der Waals surface area contributed by atoms with Gasteiger partial charge in [-0.2, -0.15) is 0 Å². The topological polar surface area (TPSA) is 81.2 Å². The molecule has 0 atom stereocenters. The fraction of sp³-hybridized carbons (Fsp3) is 0.405. The second-order valence-corrected chi connectivity index (χ2v) is 36.9. The summed E-state index contributed by atoms with van der Waals surface area (Å²) >= 11 is -10.3. The molecule has 4 amide bonds. The molecule has 18 heteroatoms. The van der Waals surface area contributed by atoms with Crippen molar-refractivity contribution in [2.45, 2.75) is 145 Å². The van der Waals surface area contributed by atoms with Gasteiger partial charge < -0.3 is 0 Å². The minimum atomic E-state index is -5.18. The van der Waals surface area contributed by atoms with E-state index in [2.05, 4.69) is 0 Å². The van der Waals surface area contributed by atoms with Crippen molar-refractivity contribution >= 4 is 61.9 Å². The molecule has 6 aliphatic rings. The molecule has 0 radical (unpaired) electrons. The molecule has 488 valence electrons. The summed E-state index contributed by atoms with van der Waals surface area (Å²) < 4.78 is 136. The van der Waals surface area contributed by atoms with Gasteiger partial charge in [-0.3, -0.25) is 0 Å². The van der Waals surface area contributed by atoms with Crippen LogP contribution in [0.4, 0.5) is 57.9 Å². The Bertz CT molecular complexity index is 3520. The summed E-state index contributed by atoms with van der Waals surface area (Å²) in [5.74, 6) is -10.1. The van der Waals surface area contributed by atoms with Gasteiger partial charge in [0.05, 0.1) is 0 Å². The number of hydrogen-bond acceptors (Lipinski definition) is 4. The average Bonchev–Trinajstić information content (AvgIpc) is 1.12. The Balaban J connectivity index is 0.000000219. The van der Waals surface area contributed by atoms with E-state index in [0.717, 1.165) is 62.8 Å². The molecule has 0 spiro atoms. The van der Waals surface area contributed by atoms with Gasteiger partial charge >= 0.3 is 548 Å². The van der Waals surface area contributed by atoms with E-state index in [0.29, 0.717) is 41.2 Å². The van der Waals surface area contributed by atoms with Crippen LogP contribution in [0.1, 0.15) is 145 Å². The van der Waals surface area contributed by atoms with E-state index in [-0.39, 0.29) is 126 Å². The van der Waals surface area contributed by atoms with E-state index >= 15 is 35.1 Å². The van der Waals surface area contributed by atoms with Gasteiger partial charge in [0.25, 0.3) is 0 Å². The van der Waals surface area contributed by atoms with Crippen LogP contribution in [0.25, 0.3) is 0 Å². The molecule has 0 unspecified atom stereocenters. The second-order valence-electron chi connectivity index (χ2n) is 25.1. The van der Waals surface area contributed by atoms with Crippen LogP contribution in [0, 0.1) is 70.2 Å². The number of rotatable bonds is 20. The van der Waals surface area contributed by atoms with Crippen LogP contribution in [0.3, 0.4) is 0 Å². The molecule has 0 heterocycles. The number of allylic oxidation sites excluding steroid dienone is 16. The molecule has 6 aliphatic carbocycles. The molecular formula is C74H84F8N4O4Ti2. The van der Waals surface area contributed by atoms with E-state index in [9.17, 15) is 19.2 Å². The quantitative estimate of drug-likeness (QED) is 0.0652. The third kappa shape index (κ3) is 13.0. The first-order valence-electron chi connectivity index (χ1n) is 32.8. The van der Waals surface area contributed by atoms with Gasteiger partial charge in [0.15, 0.2) is 0 Å². The third-order valence-corrected chi connectivity index (χ3v) is 35.1. The van der Waals surface area contributed by atoms with Crippen molar-refractivity contribution in [1.29, 1.82) is 0 Å². The Labute approximate surface area is 544 Å². The zero-order valence-corrected chi connectivity index (χ0v) is 57.2. The molecule has 0 bridgehead atoms. The van der Waals surface area contributed by atoms with E-state index in [1.54, 1.807) is 116 Å². The van der Waals surface area contributed by atoms with E-state index in [4.69, 9.17) is 0 Å². The third-order valence-electron chi connectivity index (χ3n) is 19.2. The molecule has 8 nitrogen and oxygen atoms in total. The predicted molar refractivity (Wildman–Crippen MR) is 346 cm³/mol. The van der Waals surface area contributed by atoms with Gasteiger partial charge in [0.2, 0.25) is 0 Å². The molecule has 0 saturated heterocycles. The number of hydrogen-bond donors (Lipinski definition) is 0. The maximum atomic E-state index is 17.6. The Hall–Kier alpha value is -6.45. The number of halogens is 8. The Morgan fingerprint density at radius 1 is 0.380 bits per heavy atom. The monoisotopic (exact) mass is 1340 g/mol. The van der Waals surface area contributed by atoms with Crippen LogP contribution in [0.15, 0.2) is 137 Å². The van der Waals surface area contributed by atoms with E-state index in [1.807, 2.05) is 12.2 Å². The molecule has 2 fully saturated rings. The molecule has 2 saturated carbocycles. The number of amides is 4. The summed E-state index contributed by atoms with van der Waals surface area (Å²) in [6, 6.07) is 9.51. The van der Waals surface area contributed by atoms with Crippen LogP contribution in [-0.2, 0) is 52.4 Å².